The Balaban J connectivity index is 0. The number of carboxylic acid groups (broad SMARTS) is 1. The molecular formula is C29H51ClN6O7. The van der Waals surface area contributed by atoms with Gasteiger partial charge in [-0.1, -0.05) is 51.6 Å². The van der Waals surface area contributed by atoms with Crippen LogP contribution in [0.2, 0.25) is 0 Å². The van der Waals surface area contributed by atoms with Gasteiger partial charge in [-0.15, -0.1) is 12.4 Å². The van der Waals surface area contributed by atoms with Crippen molar-refractivity contribution in [2.75, 3.05) is 19.6 Å². The van der Waals surface area contributed by atoms with Gasteiger partial charge >= 0.3 is 18.1 Å². The molecule has 246 valence electrons. The smallest absolute Gasteiger partial charge is 0.407 e. The number of carbonyl (C=O) groups excluding carboxylic acids is 4. The van der Waals surface area contributed by atoms with E-state index in [0.29, 0.717) is 38.8 Å². The number of likely N-dealkylation sites (N-methyl/N-ethyl adjacent to an activating group) is 1. The lowest BCUT2D eigenvalue weighted by molar-refractivity contribution is -0.139. The molecule has 0 fully saturated rings. The van der Waals surface area contributed by atoms with Crippen LogP contribution in [-0.2, 0) is 25.7 Å². The number of alkyl carbamates (subject to hydrolysis) is 1. The third kappa shape index (κ3) is 17.9. The molecule has 0 aliphatic rings. The molecule has 0 radical (unpaired) electrons. The van der Waals surface area contributed by atoms with E-state index in [0.717, 1.165) is 5.56 Å². The van der Waals surface area contributed by atoms with Gasteiger partial charge in [0.1, 0.15) is 24.7 Å². The second kappa shape index (κ2) is 23.9. The number of aliphatic carboxylic acids is 1. The summed E-state index contributed by atoms with van der Waals surface area (Å²) in [5.41, 5.74) is 6.32. The monoisotopic (exact) mass is 630 g/mol. The highest BCUT2D eigenvalue weighted by molar-refractivity contribution is 5.92. The highest BCUT2D eigenvalue weighted by atomic mass is 35.5. The Hall–Kier alpha value is -3.58. The number of benzene rings is 1. The summed E-state index contributed by atoms with van der Waals surface area (Å²) in [6.45, 7) is 6.56. The highest BCUT2D eigenvalue weighted by Gasteiger charge is 2.29. The molecule has 0 heterocycles. The van der Waals surface area contributed by atoms with Gasteiger partial charge in [0.2, 0.25) is 11.8 Å². The maximum Gasteiger partial charge on any atom is 0.407 e. The number of hydrogen-bond donors (Lipinski definition) is 7. The summed E-state index contributed by atoms with van der Waals surface area (Å²) in [5.74, 6) is -2.33. The van der Waals surface area contributed by atoms with E-state index in [4.69, 9.17) is 10.5 Å². The molecule has 0 saturated carbocycles. The van der Waals surface area contributed by atoms with Crippen molar-refractivity contribution in [3.05, 3.63) is 35.9 Å². The minimum absolute atomic E-state index is 0. The summed E-state index contributed by atoms with van der Waals surface area (Å²) in [6.07, 6.45) is 1.85. The van der Waals surface area contributed by atoms with Crippen LogP contribution in [0.15, 0.2) is 30.3 Å². The van der Waals surface area contributed by atoms with E-state index in [1.54, 1.807) is 20.8 Å². The second-order valence-electron chi connectivity index (χ2n) is 9.95. The van der Waals surface area contributed by atoms with Crippen LogP contribution < -0.4 is 32.3 Å². The number of carbonyl (C=O) groups is 5. The quantitative estimate of drug-likeness (QED) is 0.113. The van der Waals surface area contributed by atoms with Gasteiger partial charge in [0, 0.05) is 13.1 Å². The number of nitrogens with two attached hydrogens (primary N) is 1. The summed E-state index contributed by atoms with van der Waals surface area (Å²) in [7, 11) is 0. The molecule has 0 saturated heterocycles. The number of rotatable bonds is 19. The zero-order valence-corrected chi connectivity index (χ0v) is 25.5. The van der Waals surface area contributed by atoms with Gasteiger partial charge in [-0.25, -0.2) is 14.4 Å². The summed E-state index contributed by atoms with van der Waals surface area (Å²) in [4.78, 5) is 61.9. The molecule has 1 aromatic rings. The zero-order chi connectivity index (χ0) is 30.6. The Morgan fingerprint density at radius 1 is 0.860 bits per heavy atom. The second-order valence-corrected chi connectivity index (χ2v) is 9.95. The van der Waals surface area contributed by atoms with Crippen LogP contribution in [-0.4, -0.2) is 72.8 Å². The Bertz CT molecular complexity index is 968. The topological polar surface area (TPSA) is 201 Å². The largest absolute Gasteiger partial charge is 0.480 e. The summed E-state index contributed by atoms with van der Waals surface area (Å²) in [5, 5.41) is 22.5. The molecule has 0 aromatic heterocycles. The number of nitrogens with one attached hydrogen (secondary N) is 5. The fraction of sp³-hybridized carbons (Fsp3) is 0.621. The Kier molecular flexibility index (Phi) is 23.1. The minimum Gasteiger partial charge on any atom is -0.480 e. The van der Waals surface area contributed by atoms with Crippen molar-refractivity contribution in [1.82, 2.24) is 26.6 Å². The summed E-state index contributed by atoms with van der Waals surface area (Å²) in [6, 6.07) is 5.43. The zero-order valence-electron chi connectivity index (χ0n) is 24.6. The van der Waals surface area contributed by atoms with Crippen LogP contribution in [0.4, 0.5) is 9.59 Å². The molecule has 8 N–H and O–H groups in total. The lowest BCUT2D eigenvalue weighted by Gasteiger charge is -2.26. The van der Waals surface area contributed by atoms with Crippen molar-refractivity contribution in [3.63, 3.8) is 0 Å². The first kappa shape index (κ1) is 41.6. The van der Waals surface area contributed by atoms with Gasteiger partial charge in [0.15, 0.2) is 0 Å². The average Bonchev–Trinajstić information content (AvgIpc) is 2.93. The van der Waals surface area contributed by atoms with E-state index >= 15 is 0 Å². The van der Waals surface area contributed by atoms with E-state index in [9.17, 15) is 29.1 Å². The van der Waals surface area contributed by atoms with Gasteiger partial charge in [-0.2, -0.15) is 0 Å². The number of carboxylic acids is 1. The van der Waals surface area contributed by atoms with Crippen molar-refractivity contribution in [1.29, 1.82) is 0 Å². The lowest BCUT2D eigenvalue weighted by atomic mass is 10.0. The molecule has 0 aliphatic heterocycles. The minimum atomic E-state index is -1.19. The molecule has 0 aliphatic carbocycles. The molecule has 0 bridgehead atoms. The number of hydrogen-bond acceptors (Lipinski definition) is 7. The molecular weight excluding hydrogens is 580 g/mol. The van der Waals surface area contributed by atoms with Gasteiger partial charge in [-0.05, 0) is 63.5 Å². The van der Waals surface area contributed by atoms with Crippen molar-refractivity contribution in [2.24, 2.45) is 11.7 Å². The molecule has 43 heavy (non-hydrogen) atoms. The number of halogens is 1. The van der Waals surface area contributed by atoms with E-state index < -0.39 is 42.1 Å². The van der Waals surface area contributed by atoms with Crippen LogP contribution in [0.1, 0.15) is 72.3 Å². The van der Waals surface area contributed by atoms with Crippen LogP contribution in [0.3, 0.4) is 0 Å². The van der Waals surface area contributed by atoms with Gasteiger partial charge in [0.25, 0.3) is 0 Å². The van der Waals surface area contributed by atoms with Crippen LogP contribution in [0.25, 0.3) is 0 Å². The van der Waals surface area contributed by atoms with E-state index in [2.05, 4.69) is 26.6 Å². The fourth-order valence-corrected chi connectivity index (χ4v) is 3.89. The SMILES string of the molecule is C.CCNC(=O)[C@@H](NC(=O)[C@@H](CCCCNC(=O)OCc1ccccc1)NC(=O)N[C@@H](CCCCN)C(=O)O)C(C)C.Cl. The van der Waals surface area contributed by atoms with Crippen molar-refractivity contribution < 1.29 is 33.8 Å². The van der Waals surface area contributed by atoms with Gasteiger partial charge < -0.3 is 42.2 Å². The third-order valence-electron chi connectivity index (χ3n) is 6.17. The molecule has 0 spiro atoms. The maximum absolute atomic E-state index is 13.2. The molecule has 1 rings (SSSR count). The predicted molar refractivity (Wildman–Crippen MR) is 168 cm³/mol. The Morgan fingerprint density at radius 2 is 1.47 bits per heavy atom. The highest BCUT2D eigenvalue weighted by Crippen LogP contribution is 2.07. The third-order valence-corrected chi connectivity index (χ3v) is 6.17. The maximum atomic E-state index is 13.2. The van der Waals surface area contributed by atoms with E-state index in [-0.39, 0.29) is 57.7 Å². The molecule has 13 nitrogen and oxygen atoms in total. The molecule has 3 atom stereocenters. The van der Waals surface area contributed by atoms with Crippen LogP contribution >= 0.6 is 12.4 Å². The standard InChI is InChI=1S/C28H46N6O7.CH4.ClH/c1-4-30-25(36)23(19(2)3)34-24(35)21(32-27(39)33-22(26(37)38)15-8-10-16-29)14-9-11-17-31-28(40)41-18-20-12-6-5-7-13-20;;/h5-7,12-13,19,21-23H,4,8-11,14-18,29H2,1-3H3,(H,30,36)(H,31,40)(H,34,35)(H,37,38)(H2,32,33,39);1H4;1H/t21-,22+,23+;;/m1../s1. The lowest BCUT2D eigenvalue weighted by Crippen LogP contribution is -2.57. The first-order chi connectivity index (χ1) is 19.6. The van der Waals surface area contributed by atoms with Crippen LogP contribution in [0.5, 0.6) is 0 Å². The summed E-state index contributed by atoms with van der Waals surface area (Å²) < 4.78 is 5.17. The van der Waals surface area contributed by atoms with E-state index in [1.807, 2.05) is 30.3 Å². The van der Waals surface area contributed by atoms with Gasteiger partial charge in [0.05, 0.1) is 0 Å². The normalized spacial score (nSPS) is 12.3. The molecule has 0 unspecified atom stereocenters. The average molecular weight is 631 g/mol. The Morgan fingerprint density at radius 3 is 2.05 bits per heavy atom. The van der Waals surface area contributed by atoms with E-state index in [1.165, 1.54) is 0 Å². The first-order valence-electron chi connectivity index (χ1n) is 14.1. The molecule has 14 heteroatoms. The number of urea groups is 1. The van der Waals surface area contributed by atoms with Crippen LogP contribution in [0, 0.1) is 5.92 Å². The number of ether oxygens (including phenoxy) is 1. The van der Waals surface area contributed by atoms with Crippen molar-refractivity contribution in [3.8, 4) is 0 Å². The molecule has 1 aromatic carbocycles. The number of amides is 5. The fourth-order valence-electron chi connectivity index (χ4n) is 3.89. The number of unbranched alkanes of at least 4 members (excludes halogenated alkanes) is 2. The van der Waals surface area contributed by atoms with Crippen molar-refractivity contribution >= 4 is 42.3 Å². The summed E-state index contributed by atoms with van der Waals surface area (Å²) >= 11 is 0. The van der Waals surface area contributed by atoms with Crippen molar-refractivity contribution in [2.45, 2.75) is 91.5 Å². The van der Waals surface area contributed by atoms with Gasteiger partial charge in [-0.3, -0.25) is 9.59 Å². The Labute approximate surface area is 261 Å². The first-order valence-corrected chi connectivity index (χ1v) is 14.1. The predicted octanol–water partition coefficient (Wildman–Crippen LogP) is 2.67. The molecule has 5 amide bonds.